The van der Waals surface area contributed by atoms with Gasteiger partial charge in [-0.2, -0.15) is 0 Å². The molecule has 0 aromatic heterocycles. The lowest BCUT2D eigenvalue weighted by atomic mass is 9.83. The molecule has 0 bridgehead atoms. The van der Waals surface area contributed by atoms with Gasteiger partial charge in [-0.25, -0.2) is 0 Å². The number of carbonyl (C=O) groups excluding carboxylic acids is 1. The second-order valence-electron chi connectivity index (χ2n) is 8.58. The zero-order chi connectivity index (χ0) is 20.6. The highest BCUT2D eigenvalue weighted by molar-refractivity contribution is 6.08. The fraction of sp³-hybridized carbons (Fsp3) is 0.296. The van der Waals surface area contributed by atoms with Crippen LogP contribution in [0.15, 0.2) is 78.9 Å². The number of aryl methyl sites for hydroxylation is 1. The van der Waals surface area contributed by atoms with E-state index in [9.17, 15) is 4.79 Å². The Morgan fingerprint density at radius 3 is 2.20 bits per heavy atom. The van der Waals surface area contributed by atoms with Crippen LogP contribution in [0.3, 0.4) is 0 Å². The molecule has 2 aliphatic rings. The third-order valence-electron chi connectivity index (χ3n) is 6.90. The first-order chi connectivity index (χ1) is 14.7. The molecule has 1 unspecified atom stereocenters. The molecule has 1 atom stereocenters. The number of benzene rings is 3. The first kappa shape index (κ1) is 19.2. The summed E-state index contributed by atoms with van der Waals surface area (Å²) in [7, 11) is 0. The topological polar surface area (TPSA) is 23.6 Å². The van der Waals surface area contributed by atoms with Gasteiger partial charge in [-0.3, -0.25) is 14.6 Å². The summed E-state index contributed by atoms with van der Waals surface area (Å²) in [6.45, 7) is 6.93. The Hall–Kier alpha value is -2.75. The average Bonchev–Trinajstić information content (AvgIpc) is 3.10. The zero-order valence-corrected chi connectivity index (χ0v) is 17.6. The smallest absolute Gasteiger partial charge is 0.188 e. The lowest BCUT2D eigenvalue weighted by Crippen LogP contribution is -2.58. The van der Waals surface area contributed by atoms with Crippen molar-refractivity contribution in [2.75, 3.05) is 26.2 Å². The van der Waals surface area contributed by atoms with Crippen LogP contribution in [-0.2, 0) is 18.5 Å². The van der Waals surface area contributed by atoms with Gasteiger partial charge in [-0.15, -0.1) is 0 Å². The van der Waals surface area contributed by atoms with Gasteiger partial charge in [-0.1, -0.05) is 78.9 Å². The van der Waals surface area contributed by atoms with E-state index in [1.54, 1.807) is 0 Å². The quantitative estimate of drug-likeness (QED) is 0.651. The number of fused-ring (bicyclic) bond motifs is 1. The van der Waals surface area contributed by atoms with Gasteiger partial charge in [-0.05, 0) is 29.2 Å². The van der Waals surface area contributed by atoms with Gasteiger partial charge in [0.15, 0.2) is 5.78 Å². The maximum Gasteiger partial charge on any atom is 0.188 e. The molecule has 1 fully saturated rings. The maximum atomic E-state index is 13.8. The Bertz CT molecular complexity index is 1050. The zero-order valence-electron chi connectivity index (χ0n) is 17.6. The van der Waals surface area contributed by atoms with Crippen LogP contribution in [0, 0.1) is 6.92 Å². The number of ketones is 1. The fourth-order valence-electron chi connectivity index (χ4n) is 5.18. The molecule has 30 heavy (non-hydrogen) atoms. The molecule has 0 amide bonds. The average molecular weight is 397 g/mol. The van der Waals surface area contributed by atoms with E-state index in [2.05, 4.69) is 71.3 Å². The molecule has 0 radical (unpaired) electrons. The van der Waals surface area contributed by atoms with Crippen LogP contribution in [0.2, 0.25) is 0 Å². The molecule has 0 N–H and O–H groups in total. The lowest BCUT2D eigenvalue weighted by molar-refractivity contribution is 0.0288. The molecule has 3 aromatic carbocycles. The van der Waals surface area contributed by atoms with Crippen molar-refractivity contribution in [3.05, 3.63) is 107 Å². The molecule has 0 spiro atoms. The fourth-order valence-corrected chi connectivity index (χ4v) is 5.18. The molecular weight excluding hydrogens is 368 g/mol. The summed E-state index contributed by atoms with van der Waals surface area (Å²) in [5.74, 6) is 0.261. The van der Waals surface area contributed by atoms with Crippen molar-refractivity contribution in [1.82, 2.24) is 9.80 Å². The molecule has 1 saturated heterocycles. The van der Waals surface area contributed by atoms with Gasteiger partial charge >= 0.3 is 0 Å². The summed E-state index contributed by atoms with van der Waals surface area (Å²) in [5.41, 5.74) is 5.37. The Morgan fingerprint density at radius 2 is 1.47 bits per heavy atom. The molecule has 0 saturated carbocycles. The van der Waals surface area contributed by atoms with E-state index < -0.39 is 5.54 Å². The standard InChI is InChI=1S/C27H28N2O/c1-21-9-5-6-11-23(21)20-28-15-17-29(18-16-28)27(24-12-3-2-4-13-24)19-22-10-7-8-14-25(22)26(27)30/h2-14H,15-20H2,1H3. The van der Waals surface area contributed by atoms with Crippen LogP contribution >= 0.6 is 0 Å². The predicted octanol–water partition coefficient (Wildman–Crippen LogP) is 4.45. The van der Waals surface area contributed by atoms with Gasteiger partial charge in [0.05, 0.1) is 0 Å². The summed E-state index contributed by atoms with van der Waals surface area (Å²) in [6.07, 6.45) is 0.768. The number of piperazine rings is 1. The second kappa shape index (κ2) is 7.82. The van der Waals surface area contributed by atoms with Crippen molar-refractivity contribution >= 4 is 5.78 Å². The van der Waals surface area contributed by atoms with E-state index in [1.165, 1.54) is 16.7 Å². The number of hydrogen-bond donors (Lipinski definition) is 0. The minimum absolute atomic E-state index is 0.261. The van der Waals surface area contributed by atoms with Crippen LogP contribution in [0.4, 0.5) is 0 Å². The van der Waals surface area contributed by atoms with Crippen molar-refractivity contribution < 1.29 is 4.79 Å². The highest BCUT2D eigenvalue weighted by atomic mass is 16.1. The third-order valence-corrected chi connectivity index (χ3v) is 6.90. The monoisotopic (exact) mass is 396 g/mol. The van der Waals surface area contributed by atoms with Crippen LogP contribution in [0.1, 0.15) is 32.6 Å². The van der Waals surface area contributed by atoms with Crippen LogP contribution < -0.4 is 0 Å². The summed E-state index contributed by atoms with van der Waals surface area (Å²) < 4.78 is 0. The van der Waals surface area contributed by atoms with Crippen molar-refractivity contribution in [2.24, 2.45) is 0 Å². The highest BCUT2D eigenvalue weighted by Gasteiger charge is 2.51. The summed E-state index contributed by atoms with van der Waals surface area (Å²) in [6, 6.07) is 27.2. The Kier molecular flexibility index (Phi) is 5.01. The largest absolute Gasteiger partial charge is 0.297 e. The molecule has 152 valence electrons. The molecule has 1 heterocycles. The van der Waals surface area contributed by atoms with Crippen LogP contribution in [-0.4, -0.2) is 41.8 Å². The van der Waals surface area contributed by atoms with E-state index >= 15 is 0 Å². The van der Waals surface area contributed by atoms with Gasteiger partial charge in [0.25, 0.3) is 0 Å². The van der Waals surface area contributed by atoms with Crippen LogP contribution in [0.25, 0.3) is 0 Å². The minimum Gasteiger partial charge on any atom is -0.297 e. The van der Waals surface area contributed by atoms with Crippen molar-refractivity contribution in [1.29, 1.82) is 0 Å². The van der Waals surface area contributed by atoms with E-state index in [0.29, 0.717) is 0 Å². The van der Waals surface area contributed by atoms with Gasteiger partial charge in [0.2, 0.25) is 0 Å². The van der Waals surface area contributed by atoms with Crippen LogP contribution in [0.5, 0.6) is 0 Å². The van der Waals surface area contributed by atoms with E-state index in [-0.39, 0.29) is 5.78 Å². The number of Topliss-reactive ketones (excluding diaryl/α,β-unsaturated/α-hetero) is 1. The Labute approximate surface area is 178 Å². The van der Waals surface area contributed by atoms with E-state index in [4.69, 9.17) is 0 Å². The normalized spacial score (nSPS) is 22.2. The molecule has 1 aliphatic heterocycles. The number of hydrogen-bond acceptors (Lipinski definition) is 3. The Balaban J connectivity index is 1.41. The number of carbonyl (C=O) groups is 1. The predicted molar refractivity (Wildman–Crippen MR) is 121 cm³/mol. The number of rotatable bonds is 4. The van der Waals surface area contributed by atoms with Gasteiger partial charge < -0.3 is 0 Å². The molecule has 3 heteroatoms. The molecule has 3 aromatic rings. The van der Waals surface area contributed by atoms with Crippen molar-refractivity contribution in [3.63, 3.8) is 0 Å². The first-order valence-corrected chi connectivity index (χ1v) is 10.9. The summed E-state index contributed by atoms with van der Waals surface area (Å²) >= 11 is 0. The highest BCUT2D eigenvalue weighted by Crippen LogP contribution is 2.42. The number of nitrogens with zero attached hydrogens (tertiary/aromatic N) is 2. The molecule has 1 aliphatic carbocycles. The molecule has 5 rings (SSSR count). The van der Waals surface area contributed by atoms with Crippen molar-refractivity contribution in [2.45, 2.75) is 25.4 Å². The lowest BCUT2D eigenvalue weighted by Gasteiger charge is -2.45. The maximum absolute atomic E-state index is 13.8. The third kappa shape index (κ3) is 3.19. The SMILES string of the molecule is Cc1ccccc1CN1CCN(C2(c3ccccc3)Cc3ccccc3C2=O)CC1. The first-order valence-electron chi connectivity index (χ1n) is 10.9. The van der Waals surface area contributed by atoms with Gasteiger partial charge in [0.1, 0.15) is 5.54 Å². The minimum atomic E-state index is -0.570. The van der Waals surface area contributed by atoms with E-state index in [1.807, 2.05) is 24.3 Å². The second-order valence-corrected chi connectivity index (χ2v) is 8.58. The van der Waals surface area contributed by atoms with Gasteiger partial charge in [0, 0.05) is 44.7 Å². The summed E-state index contributed by atoms with van der Waals surface area (Å²) in [5, 5.41) is 0. The van der Waals surface area contributed by atoms with Crippen molar-refractivity contribution in [3.8, 4) is 0 Å². The molecular formula is C27H28N2O. The Morgan fingerprint density at radius 1 is 0.800 bits per heavy atom. The molecule has 3 nitrogen and oxygen atoms in total. The van der Waals surface area contributed by atoms with E-state index in [0.717, 1.165) is 50.3 Å². The summed E-state index contributed by atoms with van der Waals surface area (Å²) in [4.78, 5) is 18.7.